The number of para-hydroxylation sites is 1. The lowest BCUT2D eigenvalue weighted by molar-refractivity contribution is -0.137. The van der Waals surface area contributed by atoms with Crippen molar-refractivity contribution < 1.29 is 22.0 Å². The molecule has 3 rings (SSSR count). The maximum Gasteiger partial charge on any atom is 0.418 e. The van der Waals surface area contributed by atoms with Crippen molar-refractivity contribution in [3.05, 3.63) is 63.9 Å². The smallest absolute Gasteiger partial charge is 0.207 e. The highest BCUT2D eigenvalue weighted by Gasteiger charge is 2.34. The molecule has 0 fully saturated rings. The number of hydrogen-bond acceptors (Lipinski definition) is 2. The average Bonchev–Trinajstić information content (AvgIpc) is 2.86. The van der Waals surface area contributed by atoms with Crippen LogP contribution in [0.2, 0.25) is 10.3 Å². The van der Waals surface area contributed by atoms with Crippen LogP contribution in [-0.4, -0.2) is 14.8 Å². The third-order valence-electron chi connectivity index (χ3n) is 3.24. The minimum absolute atomic E-state index is 0.338. The van der Waals surface area contributed by atoms with Gasteiger partial charge in [0, 0.05) is 6.07 Å². The predicted octanol–water partition coefficient (Wildman–Crippen LogP) is 5.54. The second kappa shape index (κ2) is 6.27. The van der Waals surface area contributed by atoms with Gasteiger partial charge in [0.1, 0.15) is 11.6 Å². The molecule has 0 amide bonds. The van der Waals surface area contributed by atoms with E-state index in [9.17, 15) is 22.0 Å². The fourth-order valence-electron chi connectivity index (χ4n) is 2.21. The number of aromatic nitrogens is 3. The van der Waals surface area contributed by atoms with Crippen LogP contribution in [0.1, 0.15) is 5.56 Å². The molecule has 0 aliphatic carbocycles. The fraction of sp³-hybridized carbons (Fsp3) is 0.0667. The van der Waals surface area contributed by atoms with Crippen LogP contribution < -0.4 is 0 Å². The normalized spacial score (nSPS) is 11.8. The monoisotopic (exact) mass is 393 g/mol. The summed E-state index contributed by atoms with van der Waals surface area (Å²) in [6.07, 6.45) is -4.66. The molecule has 10 heteroatoms. The predicted molar refractivity (Wildman–Crippen MR) is 81.7 cm³/mol. The van der Waals surface area contributed by atoms with Crippen LogP contribution in [0.4, 0.5) is 22.0 Å². The summed E-state index contributed by atoms with van der Waals surface area (Å²) < 4.78 is 67.2. The number of nitrogens with zero attached hydrogens (tertiary/aromatic N) is 3. The highest BCUT2D eigenvalue weighted by atomic mass is 35.5. The van der Waals surface area contributed by atoms with Crippen molar-refractivity contribution in [3.8, 4) is 17.1 Å². The molecular formula is C15H6Cl2F5N3. The Labute approximate surface area is 147 Å². The zero-order chi connectivity index (χ0) is 18.4. The summed E-state index contributed by atoms with van der Waals surface area (Å²) in [4.78, 5) is 3.73. The lowest BCUT2D eigenvalue weighted by Gasteiger charge is -2.12. The Bertz CT molecular complexity index is 930. The molecule has 3 aromatic rings. The first-order valence-corrected chi connectivity index (χ1v) is 7.38. The zero-order valence-electron chi connectivity index (χ0n) is 12.0. The minimum atomic E-state index is -4.66. The molecule has 3 nitrogen and oxygen atoms in total. The van der Waals surface area contributed by atoms with Gasteiger partial charge >= 0.3 is 6.18 Å². The molecule has 0 unspecified atom stereocenters. The van der Waals surface area contributed by atoms with E-state index in [2.05, 4.69) is 10.1 Å². The van der Waals surface area contributed by atoms with Gasteiger partial charge in [0.25, 0.3) is 0 Å². The molecule has 0 saturated heterocycles. The number of hydrogen-bond donors (Lipinski definition) is 0. The standard InChI is InChI=1S/C15H6Cl2F5N3/c16-9-5-7(18)6-10(19)12(9)13-23-14(17)25(24-13)11-4-2-1-3-8(11)15(20,21)22/h1-6H. The highest BCUT2D eigenvalue weighted by molar-refractivity contribution is 6.33. The molecule has 0 aliphatic heterocycles. The molecule has 0 bridgehead atoms. The molecule has 0 spiro atoms. The lowest BCUT2D eigenvalue weighted by Crippen LogP contribution is -2.11. The van der Waals surface area contributed by atoms with E-state index in [1.165, 1.54) is 12.1 Å². The molecule has 130 valence electrons. The molecule has 1 aromatic heterocycles. The fourth-order valence-corrected chi connectivity index (χ4v) is 2.69. The van der Waals surface area contributed by atoms with E-state index < -0.39 is 34.3 Å². The van der Waals surface area contributed by atoms with E-state index in [-0.39, 0.29) is 16.4 Å². The second-order valence-corrected chi connectivity index (χ2v) is 5.62. The van der Waals surface area contributed by atoms with E-state index in [0.717, 1.165) is 18.2 Å². The van der Waals surface area contributed by atoms with Crippen molar-refractivity contribution in [2.24, 2.45) is 0 Å². The summed E-state index contributed by atoms with van der Waals surface area (Å²) >= 11 is 11.7. The van der Waals surface area contributed by atoms with Gasteiger partial charge in [-0.3, -0.25) is 0 Å². The summed E-state index contributed by atoms with van der Waals surface area (Å²) in [5, 5.41) is 3.03. The van der Waals surface area contributed by atoms with Crippen molar-refractivity contribution in [1.29, 1.82) is 0 Å². The third-order valence-corrected chi connectivity index (χ3v) is 3.78. The molecule has 1 heterocycles. The van der Waals surface area contributed by atoms with E-state index in [0.29, 0.717) is 10.7 Å². The number of rotatable bonds is 2. The van der Waals surface area contributed by atoms with E-state index in [4.69, 9.17) is 23.2 Å². The Hall–Kier alpha value is -2.19. The van der Waals surface area contributed by atoms with Gasteiger partial charge in [0.05, 0.1) is 21.8 Å². The Morgan fingerprint density at radius 2 is 1.68 bits per heavy atom. The van der Waals surface area contributed by atoms with Crippen molar-refractivity contribution in [3.63, 3.8) is 0 Å². The molecule has 0 saturated carbocycles. The number of halogens is 7. The van der Waals surface area contributed by atoms with Gasteiger partial charge in [-0.05, 0) is 29.8 Å². The topological polar surface area (TPSA) is 30.7 Å². The Morgan fingerprint density at radius 3 is 2.32 bits per heavy atom. The van der Waals surface area contributed by atoms with E-state index in [1.807, 2.05) is 0 Å². The summed E-state index contributed by atoms with van der Waals surface area (Å²) in [5.41, 5.74) is -1.76. The maximum atomic E-state index is 14.0. The largest absolute Gasteiger partial charge is 0.418 e. The van der Waals surface area contributed by atoms with Crippen molar-refractivity contribution in [1.82, 2.24) is 14.8 Å². The molecule has 0 radical (unpaired) electrons. The van der Waals surface area contributed by atoms with Gasteiger partial charge in [0.2, 0.25) is 5.28 Å². The third kappa shape index (κ3) is 3.32. The van der Waals surface area contributed by atoms with Crippen LogP contribution >= 0.6 is 23.2 Å². The highest BCUT2D eigenvalue weighted by Crippen LogP contribution is 2.36. The first-order valence-electron chi connectivity index (χ1n) is 6.62. The molecule has 25 heavy (non-hydrogen) atoms. The van der Waals surface area contributed by atoms with E-state index >= 15 is 0 Å². The van der Waals surface area contributed by atoms with Crippen LogP contribution in [-0.2, 0) is 6.18 Å². The first-order chi connectivity index (χ1) is 11.7. The zero-order valence-corrected chi connectivity index (χ0v) is 13.5. The van der Waals surface area contributed by atoms with Crippen molar-refractivity contribution >= 4 is 23.2 Å². The molecule has 0 aliphatic rings. The number of benzene rings is 2. The average molecular weight is 394 g/mol. The Morgan fingerprint density at radius 1 is 1.00 bits per heavy atom. The van der Waals surface area contributed by atoms with E-state index in [1.54, 1.807) is 0 Å². The van der Waals surface area contributed by atoms with Crippen LogP contribution in [0.25, 0.3) is 17.1 Å². The molecule has 0 atom stereocenters. The molecule has 2 aromatic carbocycles. The Kier molecular flexibility index (Phi) is 4.42. The summed E-state index contributed by atoms with van der Waals surface area (Å²) in [5.74, 6) is -2.36. The van der Waals surface area contributed by atoms with Crippen molar-refractivity contribution in [2.45, 2.75) is 6.18 Å². The van der Waals surface area contributed by atoms with Gasteiger partial charge in [0.15, 0.2) is 5.82 Å². The second-order valence-electron chi connectivity index (χ2n) is 4.88. The summed E-state index contributed by atoms with van der Waals surface area (Å²) in [6, 6.07) is 5.92. The van der Waals surface area contributed by atoms with Crippen LogP contribution in [0.15, 0.2) is 36.4 Å². The first kappa shape index (κ1) is 17.6. The number of alkyl halides is 3. The van der Waals surface area contributed by atoms with Gasteiger partial charge in [-0.15, -0.1) is 5.10 Å². The Balaban J connectivity index is 2.19. The van der Waals surface area contributed by atoms with Crippen LogP contribution in [0, 0.1) is 11.6 Å². The van der Waals surface area contributed by atoms with Crippen LogP contribution in [0.5, 0.6) is 0 Å². The van der Waals surface area contributed by atoms with Crippen molar-refractivity contribution in [2.75, 3.05) is 0 Å². The summed E-state index contributed by atoms with van der Waals surface area (Å²) in [7, 11) is 0. The minimum Gasteiger partial charge on any atom is -0.207 e. The van der Waals surface area contributed by atoms with Crippen LogP contribution in [0.3, 0.4) is 0 Å². The SMILES string of the molecule is Fc1cc(F)c(-c2nc(Cl)n(-c3ccccc3C(F)(F)F)n2)c(Cl)c1. The summed E-state index contributed by atoms with van der Waals surface area (Å²) in [6.45, 7) is 0. The molecular weight excluding hydrogens is 388 g/mol. The van der Waals surface area contributed by atoms with Gasteiger partial charge < -0.3 is 0 Å². The van der Waals surface area contributed by atoms with Gasteiger partial charge in [-0.25, -0.2) is 13.5 Å². The quantitative estimate of drug-likeness (QED) is 0.535. The van der Waals surface area contributed by atoms with Gasteiger partial charge in [-0.1, -0.05) is 23.7 Å². The maximum absolute atomic E-state index is 14.0. The molecule has 0 N–H and O–H groups in total. The lowest BCUT2D eigenvalue weighted by atomic mass is 10.2. The van der Waals surface area contributed by atoms with Gasteiger partial charge in [-0.2, -0.15) is 18.2 Å².